The first-order valence-corrected chi connectivity index (χ1v) is 10.6. The average molecular weight is 489 g/mol. The third-order valence-corrected chi connectivity index (χ3v) is 5.68. The number of halogens is 4. The normalized spacial score (nSPS) is 27.1. The van der Waals surface area contributed by atoms with Gasteiger partial charge in [0, 0.05) is 19.4 Å². The van der Waals surface area contributed by atoms with E-state index in [0.717, 1.165) is 0 Å². The highest BCUT2D eigenvalue weighted by Crippen LogP contribution is 2.41. The van der Waals surface area contributed by atoms with Crippen molar-refractivity contribution in [2.45, 2.75) is 55.9 Å². The van der Waals surface area contributed by atoms with Crippen molar-refractivity contribution < 1.29 is 45.7 Å². The van der Waals surface area contributed by atoms with Gasteiger partial charge in [-0.2, -0.15) is 0 Å². The van der Waals surface area contributed by atoms with E-state index in [2.05, 4.69) is 20.3 Å². The summed E-state index contributed by atoms with van der Waals surface area (Å²) in [5.41, 5.74) is 0. The fraction of sp³-hybridized carbons (Fsp3) is 0.571. The van der Waals surface area contributed by atoms with Gasteiger partial charge in [-0.05, 0) is 37.1 Å². The number of hydrogen-bond donors (Lipinski definition) is 1. The van der Waals surface area contributed by atoms with Gasteiger partial charge in [-0.15, -0.1) is 23.4 Å². The molecule has 2 fully saturated rings. The monoisotopic (exact) mass is 489 g/mol. The van der Waals surface area contributed by atoms with E-state index in [-0.39, 0.29) is 43.8 Å². The van der Waals surface area contributed by atoms with E-state index in [4.69, 9.17) is 18.6 Å². The first-order chi connectivity index (χ1) is 16.2. The van der Waals surface area contributed by atoms with Gasteiger partial charge in [-0.3, -0.25) is 9.53 Å². The lowest BCUT2D eigenvalue weighted by Crippen LogP contribution is -2.51. The number of carbonyl (C=O) groups is 1. The molecule has 186 valence electrons. The molecule has 1 aliphatic carbocycles. The second-order valence-corrected chi connectivity index (χ2v) is 8.08. The van der Waals surface area contributed by atoms with E-state index in [1.165, 1.54) is 31.4 Å². The van der Waals surface area contributed by atoms with Crippen LogP contribution in [0.25, 0.3) is 0 Å². The molecular weight excluding hydrogens is 466 g/mol. The van der Waals surface area contributed by atoms with Gasteiger partial charge in [-0.25, -0.2) is 4.39 Å². The number of rotatable bonds is 8. The number of aromatic nitrogens is 2. The van der Waals surface area contributed by atoms with Gasteiger partial charge < -0.3 is 23.9 Å². The standard InChI is InChI=1S/C21H23F4N3O6/c1-30-16-8-17(20-28-27-19(33-20)11-6-14(7-11)34-21(23,24)25)32-9-15(16)26-18(29)10-31-13-4-2-12(22)3-5-13/h2-5,11,14-17H,6-10H2,1H3,(H,26,29)/t11-,14+,15-,16+,17-/m1/s1. The Morgan fingerprint density at radius 2 is 1.85 bits per heavy atom. The summed E-state index contributed by atoms with van der Waals surface area (Å²) >= 11 is 0. The van der Waals surface area contributed by atoms with Crippen LogP contribution in [0.4, 0.5) is 17.6 Å². The summed E-state index contributed by atoms with van der Waals surface area (Å²) in [4.78, 5) is 12.3. The second-order valence-electron chi connectivity index (χ2n) is 8.08. The predicted molar refractivity (Wildman–Crippen MR) is 105 cm³/mol. The Bertz CT molecular complexity index is 964. The average Bonchev–Trinajstić information content (AvgIpc) is 3.25. The number of nitrogens with one attached hydrogen (secondary N) is 1. The molecule has 2 aromatic rings. The first-order valence-electron chi connectivity index (χ1n) is 10.6. The molecule has 2 aliphatic rings. The summed E-state index contributed by atoms with van der Waals surface area (Å²) in [6, 6.07) is 4.83. The number of benzene rings is 1. The van der Waals surface area contributed by atoms with Crippen LogP contribution < -0.4 is 10.1 Å². The lowest BCUT2D eigenvalue weighted by atomic mass is 9.82. The number of methoxy groups -OCH3 is 1. The Morgan fingerprint density at radius 3 is 2.53 bits per heavy atom. The third kappa shape index (κ3) is 6.21. The molecule has 0 spiro atoms. The van der Waals surface area contributed by atoms with E-state index in [1.807, 2.05) is 0 Å². The predicted octanol–water partition coefficient (Wildman–Crippen LogP) is 3.03. The summed E-state index contributed by atoms with van der Waals surface area (Å²) in [7, 11) is 1.50. The Balaban J connectivity index is 1.25. The van der Waals surface area contributed by atoms with Crippen LogP contribution in [0, 0.1) is 5.82 Å². The van der Waals surface area contributed by atoms with Crippen molar-refractivity contribution in [1.82, 2.24) is 15.5 Å². The molecular formula is C21H23F4N3O6. The molecule has 3 atom stereocenters. The lowest BCUT2D eigenvalue weighted by molar-refractivity contribution is -0.352. The molecule has 1 N–H and O–H groups in total. The summed E-state index contributed by atoms with van der Waals surface area (Å²) in [5.74, 6) is -0.323. The molecule has 1 saturated heterocycles. The Kier molecular flexibility index (Phi) is 7.33. The largest absolute Gasteiger partial charge is 0.522 e. The minimum atomic E-state index is -4.67. The van der Waals surface area contributed by atoms with Crippen molar-refractivity contribution in [2.24, 2.45) is 0 Å². The van der Waals surface area contributed by atoms with E-state index in [9.17, 15) is 22.4 Å². The topological polar surface area (TPSA) is 105 Å². The van der Waals surface area contributed by atoms with Crippen molar-refractivity contribution in [1.29, 1.82) is 0 Å². The second kappa shape index (κ2) is 10.2. The molecule has 2 heterocycles. The van der Waals surface area contributed by atoms with Crippen LogP contribution >= 0.6 is 0 Å². The van der Waals surface area contributed by atoms with Crippen molar-refractivity contribution >= 4 is 5.91 Å². The van der Waals surface area contributed by atoms with Crippen molar-refractivity contribution in [3.05, 3.63) is 41.9 Å². The molecule has 9 nitrogen and oxygen atoms in total. The van der Waals surface area contributed by atoms with Crippen LogP contribution in [-0.4, -0.2) is 61.0 Å². The van der Waals surface area contributed by atoms with Gasteiger partial charge in [-0.1, -0.05) is 0 Å². The van der Waals surface area contributed by atoms with Crippen LogP contribution in [0.2, 0.25) is 0 Å². The van der Waals surface area contributed by atoms with Gasteiger partial charge in [0.05, 0.1) is 24.9 Å². The highest BCUT2D eigenvalue weighted by Gasteiger charge is 2.43. The maximum Gasteiger partial charge on any atom is 0.522 e. The zero-order valence-electron chi connectivity index (χ0n) is 18.1. The van der Waals surface area contributed by atoms with Gasteiger partial charge in [0.15, 0.2) is 6.61 Å². The fourth-order valence-electron chi connectivity index (χ4n) is 3.86. The number of nitrogens with zero attached hydrogens (tertiary/aromatic N) is 2. The summed E-state index contributed by atoms with van der Waals surface area (Å²) in [6.45, 7) is -0.163. The van der Waals surface area contributed by atoms with E-state index in [1.54, 1.807) is 0 Å². The molecule has 0 radical (unpaired) electrons. The molecule has 34 heavy (non-hydrogen) atoms. The molecule has 0 unspecified atom stereocenters. The van der Waals surface area contributed by atoms with Gasteiger partial charge in [0.25, 0.3) is 5.91 Å². The van der Waals surface area contributed by atoms with Gasteiger partial charge in [0.2, 0.25) is 11.8 Å². The summed E-state index contributed by atoms with van der Waals surface area (Å²) in [6.07, 6.45) is -6.00. The number of carbonyl (C=O) groups excluding carboxylic acids is 1. The molecule has 13 heteroatoms. The quantitative estimate of drug-likeness (QED) is 0.565. The number of alkyl halides is 3. The number of amides is 1. The smallest absolute Gasteiger partial charge is 0.484 e. The first kappa shape index (κ1) is 24.4. The van der Waals surface area contributed by atoms with E-state index >= 15 is 0 Å². The zero-order valence-corrected chi connectivity index (χ0v) is 18.1. The molecule has 0 bridgehead atoms. The number of ether oxygens (including phenoxy) is 4. The highest BCUT2D eigenvalue weighted by molar-refractivity contribution is 5.78. The SMILES string of the molecule is CO[C@H]1C[C@H](c2nnc([C@H]3C[C@@H](OC(F)(F)F)C3)o2)OC[C@H]1NC(=O)COc1ccc(F)cc1. The molecule has 4 rings (SSSR count). The van der Waals surface area contributed by atoms with Crippen LogP contribution in [0.3, 0.4) is 0 Å². The van der Waals surface area contributed by atoms with Gasteiger partial charge >= 0.3 is 6.36 Å². The van der Waals surface area contributed by atoms with E-state index in [0.29, 0.717) is 12.2 Å². The van der Waals surface area contributed by atoms with Gasteiger partial charge in [0.1, 0.15) is 17.7 Å². The molecule has 1 aromatic carbocycles. The van der Waals surface area contributed by atoms with Crippen LogP contribution in [0.5, 0.6) is 5.75 Å². The van der Waals surface area contributed by atoms with Crippen LogP contribution in [0.1, 0.15) is 43.1 Å². The van der Waals surface area contributed by atoms with Crippen LogP contribution in [-0.2, 0) is 19.0 Å². The summed E-state index contributed by atoms with van der Waals surface area (Å²) in [5, 5.41) is 10.7. The Hall–Kier alpha value is -2.77. The maximum absolute atomic E-state index is 12.9. The Labute approximate surface area is 191 Å². The minimum Gasteiger partial charge on any atom is -0.484 e. The maximum atomic E-state index is 12.9. The van der Waals surface area contributed by atoms with E-state index < -0.39 is 42.4 Å². The van der Waals surface area contributed by atoms with Crippen molar-refractivity contribution in [3.63, 3.8) is 0 Å². The van der Waals surface area contributed by atoms with Crippen molar-refractivity contribution in [3.8, 4) is 5.75 Å². The summed E-state index contributed by atoms with van der Waals surface area (Å²) < 4.78 is 76.0. The number of hydrogen-bond acceptors (Lipinski definition) is 8. The lowest BCUT2D eigenvalue weighted by Gasteiger charge is -2.34. The fourth-order valence-corrected chi connectivity index (χ4v) is 3.86. The Morgan fingerprint density at radius 1 is 1.15 bits per heavy atom. The highest BCUT2D eigenvalue weighted by atomic mass is 19.4. The minimum absolute atomic E-state index is 0.105. The molecule has 1 aliphatic heterocycles. The molecule has 1 amide bonds. The van der Waals surface area contributed by atoms with Crippen LogP contribution in [0.15, 0.2) is 28.7 Å². The van der Waals surface area contributed by atoms with Crippen molar-refractivity contribution in [2.75, 3.05) is 20.3 Å². The molecule has 1 aromatic heterocycles. The third-order valence-electron chi connectivity index (χ3n) is 5.68. The zero-order chi connectivity index (χ0) is 24.3. The molecule has 1 saturated carbocycles.